The van der Waals surface area contributed by atoms with Crippen molar-refractivity contribution in [3.63, 3.8) is 0 Å². The summed E-state index contributed by atoms with van der Waals surface area (Å²) in [6.45, 7) is 0.747. The highest BCUT2D eigenvalue weighted by molar-refractivity contribution is 5.27. The van der Waals surface area contributed by atoms with Crippen LogP contribution in [0, 0.1) is 5.82 Å². The molecule has 3 heteroatoms. The van der Waals surface area contributed by atoms with E-state index in [2.05, 4.69) is 0 Å². The van der Waals surface area contributed by atoms with Crippen LogP contribution in [0.25, 0.3) is 0 Å². The third-order valence-electron chi connectivity index (χ3n) is 1.61. The van der Waals surface area contributed by atoms with Crippen molar-refractivity contribution in [2.45, 2.75) is 13.1 Å². The summed E-state index contributed by atoms with van der Waals surface area (Å²) >= 11 is 0. The van der Waals surface area contributed by atoms with Crippen LogP contribution in [-0.4, -0.2) is 0 Å². The highest BCUT2D eigenvalue weighted by Crippen LogP contribution is 2.09. The molecule has 0 aliphatic rings. The first-order valence-corrected chi connectivity index (χ1v) is 3.45. The molecule has 4 N–H and O–H groups in total. The van der Waals surface area contributed by atoms with Gasteiger partial charge >= 0.3 is 0 Å². The Labute approximate surface area is 65.0 Å². The molecule has 0 aliphatic carbocycles. The maximum atomic E-state index is 12.6. The van der Waals surface area contributed by atoms with Crippen LogP contribution in [0.4, 0.5) is 4.39 Å². The van der Waals surface area contributed by atoms with Crippen LogP contribution in [0.3, 0.4) is 0 Å². The summed E-state index contributed by atoms with van der Waals surface area (Å²) in [7, 11) is 0. The molecule has 1 aromatic rings. The number of hydrogen-bond acceptors (Lipinski definition) is 2. The van der Waals surface area contributed by atoms with Crippen LogP contribution in [0.1, 0.15) is 11.1 Å². The molecular weight excluding hydrogens is 143 g/mol. The molecule has 1 aromatic carbocycles. The smallest absolute Gasteiger partial charge is 0.123 e. The number of rotatable bonds is 2. The van der Waals surface area contributed by atoms with Gasteiger partial charge in [-0.25, -0.2) is 4.39 Å². The summed E-state index contributed by atoms with van der Waals surface area (Å²) in [5.41, 5.74) is 12.5. The van der Waals surface area contributed by atoms with Gasteiger partial charge in [0.2, 0.25) is 0 Å². The van der Waals surface area contributed by atoms with E-state index in [-0.39, 0.29) is 5.82 Å². The SMILES string of the molecule is NCc1ccc(F)cc1CN. The molecule has 0 bridgehead atoms. The van der Waals surface area contributed by atoms with Crippen LogP contribution < -0.4 is 11.5 Å². The van der Waals surface area contributed by atoms with E-state index in [1.807, 2.05) is 0 Å². The average Bonchev–Trinajstić information content (AvgIpc) is 2.04. The lowest BCUT2D eigenvalue weighted by Gasteiger charge is -2.03. The molecule has 0 unspecified atom stereocenters. The van der Waals surface area contributed by atoms with E-state index < -0.39 is 0 Å². The van der Waals surface area contributed by atoms with Crippen LogP contribution in [-0.2, 0) is 13.1 Å². The van der Waals surface area contributed by atoms with E-state index in [0.717, 1.165) is 11.1 Å². The van der Waals surface area contributed by atoms with Gasteiger partial charge in [-0.3, -0.25) is 0 Å². The minimum atomic E-state index is -0.261. The number of nitrogens with two attached hydrogens (primary N) is 2. The minimum Gasteiger partial charge on any atom is -0.326 e. The quantitative estimate of drug-likeness (QED) is 0.660. The van der Waals surface area contributed by atoms with Gasteiger partial charge in [0.25, 0.3) is 0 Å². The lowest BCUT2D eigenvalue weighted by molar-refractivity contribution is 0.624. The summed E-state index contributed by atoms with van der Waals surface area (Å²) in [6, 6.07) is 4.47. The first-order chi connectivity index (χ1) is 5.27. The first kappa shape index (κ1) is 8.17. The van der Waals surface area contributed by atoms with E-state index in [9.17, 15) is 4.39 Å². The number of benzene rings is 1. The number of hydrogen-bond donors (Lipinski definition) is 2. The standard InChI is InChI=1S/C8H11FN2/c9-8-2-1-6(4-10)7(3-8)5-11/h1-3H,4-5,10-11H2. The molecule has 0 atom stereocenters. The van der Waals surface area contributed by atoms with Crippen molar-refractivity contribution in [1.82, 2.24) is 0 Å². The van der Waals surface area contributed by atoms with Crippen molar-refractivity contribution in [2.75, 3.05) is 0 Å². The number of halogens is 1. The summed E-state index contributed by atoms with van der Waals surface area (Å²) in [4.78, 5) is 0. The second kappa shape index (κ2) is 3.46. The van der Waals surface area contributed by atoms with Crippen LogP contribution in [0.5, 0.6) is 0 Å². The van der Waals surface area contributed by atoms with Crippen molar-refractivity contribution in [3.8, 4) is 0 Å². The molecule has 0 aliphatic heterocycles. The van der Waals surface area contributed by atoms with Crippen molar-refractivity contribution in [2.24, 2.45) is 11.5 Å². The fourth-order valence-corrected chi connectivity index (χ4v) is 0.984. The Morgan fingerprint density at radius 3 is 2.27 bits per heavy atom. The van der Waals surface area contributed by atoms with Gasteiger partial charge in [-0.1, -0.05) is 6.07 Å². The van der Waals surface area contributed by atoms with Crippen molar-refractivity contribution < 1.29 is 4.39 Å². The Morgan fingerprint density at radius 2 is 1.73 bits per heavy atom. The van der Waals surface area contributed by atoms with E-state index in [1.54, 1.807) is 6.07 Å². The molecule has 0 heterocycles. The summed E-state index contributed by atoms with van der Waals surface area (Å²) in [5, 5.41) is 0. The van der Waals surface area contributed by atoms with Gasteiger partial charge in [-0.15, -0.1) is 0 Å². The van der Waals surface area contributed by atoms with Gasteiger partial charge < -0.3 is 11.5 Å². The Balaban J connectivity index is 3.06. The summed E-state index contributed by atoms with van der Waals surface area (Å²) in [6.07, 6.45) is 0. The zero-order valence-corrected chi connectivity index (χ0v) is 6.18. The monoisotopic (exact) mass is 154 g/mol. The fourth-order valence-electron chi connectivity index (χ4n) is 0.984. The molecule has 0 amide bonds. The van der Waals surface area contributed by atoms with Gasteiger partial charge in [0, 0.05) is 13.1 Å². The molecule has 0 fully saturated rings. The van der Waals surface area contributed by atoms with Gasteiger partial charge in [-0.2, -0.15) is 0 Å². The van der Waals surface area contributed by atoms with E-state index in [1.165, 1.54) is 12.1 Å². The molecular formula is C8H11FN2. The largest absolute Gasteiger partial charge is 0.326 e. The van der Waals surface area contributed by atoms with Crippen molar-refractivity contribution in [1.29, 1.82) is 0 Å². The van der Waals surface area contributed by atoms with E-state index in [4.69, 9.17) is 11.5 Å². The molecule has 0 aromatic heterocycles. The maximum absolute atomic E-state index is 12.6. The normalized spacial score (nSPS) is 10.1. The minimum absolute atomic E-state index is 0.261. The van der Waals surface area contributed by atoms with Crippen LogP contribution in [0.2, 0.25) is 0 Å². The molecule has 0 radical (unpaired) electrons. The predicted molar refractivity (Wildman–Crippen MR) is 42.2 cm³/mol. The highest BCUT2D eigenvalue weighted by Gasteiger charge is 1.99. The molecule has 60 valence electrons. The highest BCUT2D eigenvalue weighted by atomic mass is 19.1. The average molecular weight is 154 g/mol. The Kier molecular flexibility index (Phi) is 2.57. The zero-order chi connectivity index (χ0) is 8.27. The van der Waals surface area contributed by atoms with E-state index in [0.29, 0.717) is 13.1 Å². The fraction of sp³-hybridized carbons (Fsp3) is 0.250. The molecule has 1 rings (SSSR count). The predicted octanol–water partition coefficient (Wildman–Crippen LogP) is 0.743. The lowest BCUT2D eigenvalue weighted by Crippen LogP contribution is -2.06. The Morgan fingerprint density at radius 1 is 1.09 bits per heavy atom. The van der Waals surface area contributed by atoms with Crippen molar-refractivity contribution in [3.05, 3.63) is 35.1 Å². The molecule has 2 nitrogen and oxygen atoms in total. The Hall–Kier alpha value is -0.930. The molecule has 0 spiro atoms. The third kappa shape index (κ3) is 1.76. The van der Waals surface area contributed by atoms with Gasteiger partial charge in [-0.05, 0) is 23.3 Å². The van der Waals surface area contributed by atoms with Crippen LogP contribution >= 0.6 is 0 Å². The first-order valence-electron chi connectivity index (χ1n) is 3.45. The second-order valence-electron chi connectivity index (χ2n) is 2.32. The van der Waals surface area contributed by atoms with E-state index >= 15 is 0 Å². The van der Waals surface area contributed by atoms with Gasteiger partial charge in [0.1, 0.15) is 5.82 Å². The summed E-state index contributed by atoms with van der Waals surface area (Å²) in [5.74, 6) is -0.261. The summed E-state index contributed by atoms with van der Waals surface area (Å²) < 4.78 is 12.6. The molecule has 0 saturated heterocycles. The molecule has 0 saturated carbocycles. The van der Waals surface area contributed by atoms with Crippen LogP contribution in [0.15, 0.2) is 18.2 Å². The molecule has 11 heavy (non-hydrogen) atoms. The lowest BCUT2D eigenvalue weighted by atomic mass is 10.1. The second-order valence-corrected chi connectivity index (χ2v) is 2.32. The zero-order valence-electron chi connectivity index (χ0n) is 6.18. The van der Waals surface area contributed by atoms with Crippen molar-refractivity contribution >= 4 is 0 Å². The Bertz CT molecular complexity index is 248. The van der Waals surface area contributed by atoms with Gasteiger partial charge in [0.15, 0.2) is 0 Å². The maximum Gasteiger partial charge on any atom is 0.123 e. The topological polar surface area (TPSA) is 52.0 Å². The van der Waals surface area contributed by atoms with Gasteiger partial charge in [0.05, 0.1) is 0 Å². The third-order valence-corrected chi connectivity index (χ3v) is 1.61.